The minimum Gasteiger partial charge on any atom is -0.326 e. The van der Waals surface area contributed by atoms with E-state index in [4.69, 9.17) is 5.14 Å². The molecule has 1 rings (SSSR count). The van der Waals surface area contributed by atoms with Gasteiger partial charge in [-0.2, -0.15) is 0 Å². The van der Waals surface area contributed by atoms with E-state index in [-0.39, 0.29) is 10.8 Å². The van der Waals surface area contributed by atoms with Crippen LogP contribution in [0.15, 0.2) is 29.2 Å². The molecule has 5 nitrogen and oxygen atoms in total. The third-order valence-electron chi connectivity index (χ3n) is 2.70. The van der Waals surface area contributed by atoms with Crippen molar-refractivity contribution in [2.75, 3.05) is 5.32 Å². The van der Waals surface area contributed by atoms with Gasteiger partial charge in [-0.3, -0.25) is 4.79 Å². The minimum atomic E-state index is -3.74. The van der Waals surface area contributed by atoms with Gasteiger partial charge in [-0.05, 0) is 24.6 Å². The summed E-state index contributed by atoms with van der Waals surface area (Å²) in [5, 5.41) is 7.70. The van der Waals surface area contributed by atoms with E-state index in [9.17, 15) is 13.2 Å². The molecular formula is C13H20N2O3S. The standard InChI is InChI=1S/C13H20N2O3S/c1-2-3-4-5-9-13(16)15-11-7-6-8-12(10-11)19(14,17)18/h6-8,10H,2-5,9H2,1H3,(H,15,16)(H2,14,17,18). The highest BCUT2D eigenvalue weighted by Gasteiger charge is 2.09. The highest BCUT2D eigenvalue weighted by atomic mass is 32.2. The maximum absolute atomic E-state index is 11.6. The Bertz CT molecular complexity index is 526. The highest BCUT2D eigenvalue weighted by Crippen LogP contribution is 2.14. The van der Waals surface area contributed by atoms with Crippen molar-refractivity contribution in [3.05, 3.63) is 24.3 Å². The Morgan fingerprint density at radius 3 is 2.63 bits per heavy atom. The fraction of sp³-hybridized carbons (Fsp3) is 0.462. The van der Waals surface area contributed by atoms with Crippen LogP contribution in [0.4, 0.5) is 5.69 Å². The van der Waals surface area contributed by atoms with Gasteiger partial charge in [0.15, 0.2) is 0 Å². The molecule has 1 aromatic rings. The first-order chi connectivity index (χ1) is 8.93. The molecule has 6 heteroatoms. The van der Waals surface area contributed by atoms with E-state index in [1.54, 1.807) is 12.1 Å². The Morgan fingerprint density at radius 1 is 1.26 bits per heavy atom. The summed E-state index contributed by atoms with van der Waals surface area (Å²) in [5.41, 5.74) is 0.451. The zero-order valence-electron chi connectivity index (χ0n) is 11.1. The molecule has 1 aromatic carbocycles. The molecule has 0 radical (unpaired) electrons. The number of nitrogens with two attached hydrogens (primary N) is 1. The molecule has 106 valence electrons. The van der Waals surface area contributed by atoms with Gasteiger partial charge >= 0.3 is 0 Å². The zero-order valence-corrected chi connectivity index (χ0v) is 11.9. The average molecular weight is 284 g/mol. The van der Waals surface area contributed by atoms with Gasteiger partial charge in [-0.15, -0.1) is 0 Å². The first-order valence-corrected chi connectivity index (χ1v) is 7.91. The highest BCUT2D eigenvalue weighted by molar-refractivity contribution is 7.89. The Morgan fingerprint density at radius 2 is 2.00 bits per heavy atom. The molecule has 0 saturated carbocycles. The summed E-state index contributed by atoms with van der Waals surface area (Å²) < 4.78 is 22.4. The van der Waals surface area contributed by atoms with E-state index >= 15 is 0 Å². The normalized spacial score (nSPS) is 11.3. The third kappa shape index (κ3) is 5.85. The number of rotatable bonds is 7. The van der Waals surface area contributed by atoms with Crippen molar-refractivity contribution in [2.24, 2.45) is 5.14 Å². The second kappa shape index (κ2) is 7.25. The lowest BCUT2D eigenvalue weighted by atomic mass is 10.1. The molecule has 0 spiro atoms. The smallest absolute Gasteiger partial charge is 0.238 e. The maximum atomic E-state index is 11.6. The van der Waals surface area contributed by atoms with Gasteiger partial charge in [0, 0.05) is 12.1 Å². The van der Waals surface area contributed by atoms with Gasteiger partial charge in [0.05, 0.1) is 4.90 Å². The molecule has 0 saturated heterocycles. The molecule has 0 aliphatic carbocycles. The summed E-state index contributed by atoms with van der Waals surface area (Å²) in [5.74, 6) is -0.109. The Balaban J connectivity index is 2.55. The summed E-state index contributed by atoms with van der Waals surface area (Å²) in [6.07, 6.45) is 4.56. The number of amides is 1. The molecule has 0 unspecified atom stereocenters. The van der Waals surface area contributed by atoms with Gasteiger partial charge in [-0.1, -0.05) is 32.3 Å². The van der Waals surface area contributed by atoms with Gasteiger partial charge in [-0.25, -0.2) is 13.6 Å². The Kier molecular flexibility index (Phi) is 5.98. The van der Waals surface area contributed by atoms with E-state index in [1.807, 2.05) is 0 Å². The third-order valence-corrected chi connectivity index (χ3v) is 3.61. The van der Waals surface area contributed by atoms with Gasteiger partial charge in [0.2, 0.25) is 15.9 Å². The number of unbranched alkanes of at least 4 members (excludes halogenated alkanes) is 3. The van der Waals surface area contributed by atoms with Crippen LogP contribution in [-0.4, -0.2) is 14.3 Å². The molecule has 1 amide bonds. The summed E-state index contributed by atoms with van der Waals surface area (Å²) in [4.78, 5) is 11.6. The van der Waals surface area contributed by atoms with Crippen molar-refractivity contribution in [3.63, 3.8) is 0 Å². The molecule has 0 aromatic heterocycles. The second-order valence-electron chi connectivity index (χ2n) is 4.43. The largest absolute Gasteiger partial charge is 0.326 e. The van der Waals surface area contributed by atoms with Crippen LogP contribution in [0.2, 0.25) is 0 Å². The van der Waals surface area contributed by atoms with E-state index in [0.717, 1.165) is 25.7 Å². The summed E-state index contributed by atoms with van der Waals surface area (Å²) in [6.45, 7) is 2.11. The fourth-order valence-electron chi connectivity index (χ4n) is 1.69. The van der Waals surface area contributed by atoms with Crippen molar-refractivity contribution >= 4 is 21.6 Å². The van der Waals surface area contributed by atoms with E-state index in [0.29, 0.717) is 12.1 Å². The van der Waals surface area contributed by atoms with Crippen molar-refractivity contribution in [1.82, 2.24) is 0 Å². The van der Waals surface area contributed by atoms with Crippen molar-refractivity contribution in [3.8, 4) is 0 Å². The number of carbonyl (C=O) groups excluding carboxylic acids is 1. The van der Waals surface area contributed by atoms with Gasteiger partial charge in [0.1, 0.15) is 0 Å². The molecular weight excluding hydrogens is 264 g/mol. The number of hydrogen-bond acceptors (Lipinski definition) is 3. The zero-order chi connectivity index (χ0) is 14.3. The van der Waals surface area contributed by atoms with Gasteiger partial charge < -0.3 is 5.32 Å². The number of anilines is 1. The summed E-state index contributed by atoms with van der Waals surface area (Å²) in [7, 11) is -3.74. The van der Waals surface area contributed by atoms with Crippen LogP contribution < -0.4 is 10.5 Å². The summed E-state index contributed by atoms with van der Waals surface area (Å²) >= 11 is 0. The number of sulfonamides is 1. The molecule has 0 fully saturated rings. The van der Waals surface area contributed by atoms with E-state index in [1.165, 1.54) is 12.1 Å². The van der Waals surface area contributed by atoms with E-state index in [2.05, 4.69) is 12.2 Å². The predicted molar refractivity (Wildman–Crippen MR) is 75.2 cm³/mol. The molecule has 3 N–H and O–H groups in total. The lowest BCUT2D eigenvalue weighted by molar-refractivity contribution is -0.116. The van der Waals surface area contributed by atoms with Gasteiger partial charge in [0.25, 0.3) is 0 Å². The molecule has 0 atom stereocenters. The number of benzene rings is 1. The average Bonchev–Trinajstić information content (AvgIpc) is 2.34. The topological polar surface area (TPSA) is 89.3 Å². The molecule has 19 heavy (non-hydrogen) atoms. The Hall–Kier alpha value is -1.40. The number of hydrogen-bond donors (Lipinski definition) is 2. The maximum Gasteiger partial charge on any atom is 0.238 e. The van der Waals surface area contributed by atoms with Crippen LogP contribution in [0.1, 0.15) is 39.0 Å². The minimum absolute atomic E-state index is 0.00344. The number of primary sulfonamides is 1. The SMILES string of the molecule is CCCCCCC(=O)Nc1cccc(S(N)(=O)=O)c1. The fourth-order valence-corrected chi connectivity index (χ4v) is 2.25. The molecule has 0 heterocycles. The molecule has 0 aliphatic heterocycles. The molecule has 0 bridgehead atoms. The van der Waals surface area contributed by atoms with Crippen LogP contribution in [0.3, 0.4) is 0 Å². The lowest BCUT2D eigenvalue weighted by Crippen LogP contribution is -2.14. The Labute approximate surface area is 114 Å². The second-order valence-corrected chi connectivity index (χ2v) is 5.99. The van der Waals surface area contributed by atoms with Crippen LogP contribution in [0.25, 0.3) is 0 Å². The quantitative estimate of drug-likeness (QED) is 0.752. The summed E-state index contributed by atoms with van der Waals surface area (Å²) in [6, 6.07) is 5.94. The van der Waals surface area contributed by atoms with Crippen molar-refractivity contribution < 1.29 is 13.2 Å². The first-order valence-electron chi connectivity index (χ1n) is 6.36. The van der Waals surface area contributed by atoms with E-state index < -0.39 is 10.0 Å². The number of carbonyl (C=O) groups is 1. The molecule has 0 aliphatic rings. The predicted octanol–water partition coefficient (Wildman–Crippen LogP) is 2.24. The van der Waals surface area contributed by atoms with Crippen molar-refractivity contribution in [1.29, 1.82) is 0 Å². The van der Waals surface area contributed by atoms with Crippen molar-refractivity contribution in [2.45, 2.75) is 43.9 Å². The van der Waals surface area contributed by atoms with Crippen LogP contribution >= 0.6 is 0 Å². The van der Waals surface area contributed by atoms with Crippen LogP contribution in [-0.2, 0) is 14.8 Å². The first kappa shape index (κ1) is 15.7. The lowest BCUT2D eigenvalue weighted by Gasteiger charge is -2.06. The monoisotopic (exact) mass is 284 g/mol. The number of nitrogens with one attached hydrogen (secondary N) is 1. The van der Waals surface area contributed by atoms with Crippen LogP contribution in [0, 0.1) is 0 Å². The van der Waals surface area contributed by atoms with Crippen LogP contribution in [0.5, 0.6) is 0 Å².